The Morgan fingerprint density at radius 1 is 0.893 bits per heavy atom. The van der Waals surface area contributed by atoms with E-state index in [9.17, 15) is 5.11 Å². The van der Waals surface area contributed by atoms with Gasteiger partial charge < -0.3 is 19.9 Å². The lowest BCUT2D eigenvalue weighted by atomic mass is 9.95. The Morgan fingerprint density at radius 2 is 1.68 bits per heavy atom. The first-order valence-corrected chi connectivity index (χ1v) is 9.38. The molecule has 3 aromatic rings. The van der Waals surface area contributed by atoms with Crippen LogP contribution in [0.2, 0.25) is 0 Å². The standard InChI is InChI=1S/C24H27NO3/c1-17-7-4-5-9-19(17)14-22(25-16-18-8-6-10-21(26)13-18)20-11-12-23(27-2)24(15-20)28-3/h4-13,15,22,25-26H,14,16H2,1-3H3. The molecule has 0 fully saturated rings. The minimum Gasteiger partial charge on any atom is -0.508 e. The highest BCUT2D eigenvalue weighted by atomic mass is 16.5. The van der Waals surface area contributed by atoms with Gasteiger partial charge in [-0.2, -0.15) is 0 Å². The molecule has 0 aromatic heterocycles. The summed E-state index contributed by atoms with van der Waals surface area (Å²) in [6, 6.07) is 21.9. The van der Waals surface area contributed by atoms with Crippen molar-refractivity contribution in [2.24, 2.45) is 0 Å². The molecule has 0 aliphatic carbocycles. The average molecular weight is 377 g/mol. The van der Waals surface area contributed by atoms with Gasteiger partial charge in [0.2, 0.25) is 0 Å². The molecule has 1 unspecified atom stereocenters. The number of rotatable bonds is 8. The van der Waals surface area contributed by atoms with Crippen molar-refractivity contribution in [3.8, 4) is 17.2 Å². The molecule has 1 atom stereocenters. The minimum atomic E-state index is 0.0863. The van der Waals surface area contributed by atoms with E-state index in [2.05, 4.69) is 42.6 Å². The van der Waals surface area contributed by atoms with Gasteiger partial charge in [0.15, 0.2) is 11.5 Å². The quantitative estimate of drug-likeness (QED) is 0.592. The summed E-state index contributed by atoms with van der Waals surface area (Å²) in [4.78, 5) is 0. The monoisotopic (exact) mass is 377 g/mol. The molecule has 4 nitrogen and oxygen atoms in total. The highest BCUT2D eigenvalue weighted by molar-refractivity contribution is 5.44. The molecule has 0 saturated carbocycles. The molecule has 4 heteroatoms. The van der Waals surface area contributed by atoms with Gasteiger partial charge in [-0.1, -0.05) is 42.5 Å². The second-order valence-electron chi connectivity index (χ2n) is 6.85. The van der Waals surface area contributed by atoms with E-state index in [1.54, 1.807) is 26.4 Å². The third-order valence-electron chi connectivity index (χ3n) is 4.96. The van der Waals surface area contributed by atoms with E-state index in [0.717, 1.165) is 17.5 Å². The van der Waals surface area contributed by atoms with Gasteiger partial charge in [-0.05, 0) is 59.9 Å². The maximum absolute atomic E-state index is 9.73. The largest absolute Gasteiger partial charge is 0.508 e. The normalized spacial score (nSPS) is 11.8. The first-order valence-electron chi connectivity index (χ1n) is 9.38. The predicted octanol–water partition coefficient (Wildman–Crippen LogP) is 4.79. The molecule has 3 rings (SSSR count). The van der Waals surface area contributed by atoms with Crippen molar-refractivity contribution in [2.75, 3.05) is 14.2 Å². The van der Waals surface area contributed by atoms with Crippen LogP contribution in [0.15, 0.2) is 66.7 Å². The Hall–Kier alpha value is -2.98. The molecule has 28 heavy (non-hydrogen) atoms. The fraction of sp³-hybridized carbons (Fsp3) is 0.250. The zero-order valence-electron chi connectivity index (χ0n) is 16.6. The van der Waals surface area contributed by atoms with Gasteiger partial charge in [-0.15, -0.1) is 0 Å². The highest BCUT2D eigenvalue weighted by Crippen LogP contribution is 2.31. The van der Waals surface area contributed by atoms with Gasteiger partial charge in [0, 0.05) is 12.6 Å². The number of hydrogen-bond acceptors (Lipinski definition) is 4. The van der Waals surface area contributed by atoms with Crippen molar-refractivity contribution in [1.29, 1.82) is 0 Å². The average Bonchev–Trinajstić information content (AvgIpc) is 2.72. The Kier molecular flexibility index (Phi) is 6.56. The van der Waals surface area contributed by atoms with E-state index in [0.29, 0.717) is 18.0 Å². The summed E-state index contributed by atoms with van der Waals surface area (Å²) in [5.74, 6) is 1.71. The molecule has 0 saturated heterocycles. The lowest BCUT2D eigenvalue weighted by Gasteiger charge is -2.22. The van der Waals surface area contributed by atoms with E-state index >= 15 is 0 Å². The summed E-state index contributed by atoms with van der Waals surface area (Å²) < 4.78 is 10.9. The van der Waals surface area contributed by atoms with Crippen molar-refractivity contribution in [1.82, 2.24) is 5.32 Å². The van der Waals surface area contributed by atoms with E-state index in [1.165, 1.54) is 11.1 Å². The number of phenols is 1. The van der Waals surface area contributed by atoms with Crippen LogP contribution < -0.4 is 14.8 Å². The van der Waals surface area contributed by atoms with Crippen molar-refractivity contribution < 1.29 is 14.6 Å². The first kappa shape index (κ1) is 19.8. The fourth-order valence-electron chi connectivity index (χ4n) is 3.34. The van der Waals surface area contributed by atoms with Crippen molar-refractivity contribution in [2.45, 2.75) is 25.9 Å². The summed E-state index contributed by atoms with van der Waals surface area (Å²) in [7, 11) is 3.29. The van der Waals surface area contributed by atoms with Crippen molar-refractivity contribution in [3.63, 3.8) is 0 Å². The Bertz CT molecular complexity index is 923. The summed E-state index contributed by atoms with van der Waals surface area (Å²) >= 11 is 0. The van der Waals surface area contributed by atoms with Crippen LogP contribution >= 0.6 is 0 Å². The van der Waals surface area contributed by atoms with Crippen LogP contribution in [0.3, 0.4) is 0 Å². The Labute approximate surface area is 166 Å². The molecule has 2 N–H and O–H groups in total. The molecule has 0 aliphatic rings. The molecule has 0 aliphatic heterocycles. The maximum Gasteiger partial charge on any atom is 0.161 e. The number of ether oxygens (including phenoxy) is 2. The number of benzene rings is 3. The number of aryl methyl sites for hydroxylation is 1. The molecule has 0 bridgehead atoms. The Morgan fingerprint density at radius 3 is 2.39 bits per heavy atom. The second-order valence-corrected chi connectivity index (χ2v) is 6.85. The molecular weight excluding hydrogens is 350 g/mol. The van der Waals surface area contributed by atoms with Gasteiger partial charge in [0.1, 0.15) is 5.75 Å². The Balaban J connectivity index is 1.88. The highest BCUT2D eigenvalue weighted by Gasteiger charge is 2.16. The SMILES string of the molecule is COc1ccc(C(Cc2ccccc2C)NCc2cccc(O)c2)cc1OC. The third kappa shape index (κ3) is 4.84. The topological polar surface area (TPSA) is 50.7 Å². The van der Waals surface area contributed by atoms with Gasteiger partial charge in [0.25, 0.3) is 0 Å². The van der Waals surface area contributed by atoms with Crippen LogP contribution in [0.5, 0.6) is 17.2 Å². The van der Waals surface area contributed by atoms with Crippen LogP contribution in [0, 0.1) is 6.92 Å². The van der Waals surface area contributed by atoms with Crippen LogP contribution in [0.1, 0.15) is 28.3 Å². The van der Waals surface area contributed by atoms with E-state index in [4.69, 9.17) is 9.47 Å². The second kappa shape index (κ2) is 9.29. The number of methoxy groups -OCH3 is 2. The van der Waals surface area contributed by atoms with Crippen LogP contribution in [-0.2, 0) is 13.0 Å². The van der Waals surface area contributed by atoms with Gasteiger partial charge in [-0.3, -0.25) is 0 Å². The van der Waals surface area contributed by atoms with E-state index in [-0.39, 0.29) is 11.8 Å². The smallest absolute Gasteiger partial charge is 0.161 e. The summed E-state index contributed by atoms with van der Waals surface area (Å²) in [5.41, 5.74) is 4.73. The lowest BCUT2D eigenvalue weighted by molar-refractivity contribution is 0.353. The number of nitrogens with one attached hydrogen (secondary N) is 1. The molecular formula is C24H27NO3. The van der Waals surface area contributed by atoms with Gasteiger partial charge >= 0.3 is 0 Å². The van der Waals surface area contributed by atoms with Gasteiger partial charge in [-0.25, -0.2) is 0 Å². The minimum absolute atomic E-state index is 0.0863. The van der Waals surface area contributed by atoms with Crippen LogP contribution in [0.4, 0.5) is 0 Å². The van der Waals surface area contributed by atoms with Crippen LogP contribution in [0.25, 0.3) is 0 Å². The third-order valence-corrected chi connectivity index (χ3v) is 4.96. The summed E-state index contributed by atoms with van der Waals surface area (Å²) in [6.45, 7) is 2.79. The lowest BCUT2D eigenvalue weighted by Crippen LogP contribution is -2.23. The molecule has 0 spiro atoms. The zero-order valence-corrected chi connectivity index (χ0v) is 16.6. The fourth-order valence-corrected chi connectivity index (χ4v) is 3.34. The number of hydrogen-bond donors (Lipinski definition) is 2. The molecule has 0 heterocycles. The molecule has 3 aromatic carbocycles. The number of phenolic OH excluding ortho intramolecular Hbond substituents is 1. The molecule has 0 radical (unpaired) electrons. The van der Waals surface area contributed by atoms with Crippen LogP contribution in [-0.4, -0.2) is 19.3 Å². The van der Waals surface area contributed by atoms with Gasteiger partial charge in [0.05, 0.1) is 14.2 Å². The van der Waals surface area contributed by atoms with Crippen molar-refractivity contribution in [3.05, 3.63) is 89.0 Å². The summed E-state index contributed by atoms with van der Waals surface area (Å²) in [6.07, 6.45) is 0.848. The van der Waals surface area contributed by atoms with E-state index in [1.807, 2.05) is 24.3 Å². The first-order chi connectivity index (χ1) is 13.6. The summed E-state index contributed by atoms with van der Waals surface area (Å²) in [5, 5.41) is 13.4. The molecule has 0 amide bonds. The van der Waals surface area contributed by atoms with E-state index < -0.39 is 0 Å². The predicted molar refractivity (Wildman–Crippen MR) is 112 cm³/mol. The maximum atomic E-state index is 9.73. The zero-order chi connectivity index (χ0) is 19.9. The number of aromatic hydroxyl groups is 1. The van der Waals surface area contributed by atoms with Crippen molar-refractivity contribution >= 4 is 0 Å². The molecule has 146 valence electrons.